The normalized spacial score (nSPS) is 26.4. The van der Waals surface area contributed by atoms with Gasteiger partial charge in [0.2, 0.25) is 0 Å². The van der Waals surface area contributed by atoms with Gasteiger partial charge in [0.25, 0.3) is 5.72 Å². The Balaban J connectivity index is 2.53. The maximum atomic E-state index is 13.5. The van der Waals surface area contributed by atoms with Gasteiger partial charge in [0, 0.05) is 0 Å². The maximum Gasteiger partial charge on any atom is 0.437 e. The lowest BCUT2D eigenvalue weighted by molar-refractivity contribution is -0.292. The maximum absolute atomic E-state index is 13.5. The van der Waals surface area contributed by atoms with Gasteiger partial charge in [-0.05, 0) is 36.8 Å². The molecule has 1 saturated heterocycles. The number of ether oxygens (including phenoxy) is 2. The van der Waals surface area contributed by atoms with Gasteiger partial charge in [0.15, 0.2) is 5.11 Å². The van der Waals surface area contributed by atoms with E-state index in [-0.39, 0.29) is 6.61 Å². The first kappa shape index (κ1) is 19.3. The minimum Gasteiger partial charge on any atom is -0.497 e. The zero-order valence-electron chi connectivity index (χ0n) is 13.4. The Hall–Kier alpha value is -2.07. The second-order valence-corrected chi connectivity index (χ2v) is 5.75. The van der Waals surface area contributed by atoms with Crippen LogP contribution in [0.15, 0.2) is 24.3 Å². The number of thiocarbonyl (C=S) groups is 1. The van der Waals surface area contributed by atoms with Crippen LogP contribution in [0.25, 0.3) is 0 Å². The van der Waals surface area contributed by atoms with E-state index in [4.69, 9.17) is 21.7 Å². The molecular weight excluding hydrogens is 361 g/mol. The molecule has 0 amide bonds. The standard InChI is InChI=1S/C15H17F3N2O4S/c1-3-24-12(21)10-11(8-4-6-9(23-2)7-5-8)19-13(25)20-14(10,22)15(16,17)18/h4-7,10-11,22H,3H2,1-2H3,(H2,19,20,25)/t10-,11+,14+/m0/s1. The molecule has 1 heterocycles. The van der Waals surface area contributed by atoms with Crippen molar-refractivity contribution in [1.82, 2.24) is 10.6 Å². The first-order valence-corrected chi connectivity index (χ1v) is 7.73. The summed E-state index contributed by atoms with van der Waals surface area (Å²) in [5, 5.41) is 14.2. The van der Waals surface area contributed by atoms with Crippen molar-refractivity contribution in [3.8, 4) is 5.75 Å². The molecule has 138 valence electrons. The number of esters is 1. The van der Waals surface area contributed by atoms with Gasteiger partial charge in [-0.2, -0.15) is 13.2 Å². The lowest BCUT2D eigenvalue weighted by Crippen LogP contribution is -2.73. The molecule has 3 N–H and O–H groups in total. The van der Waals surface area contributed by atoms with Gasteiger partial charge in [0.05, 0.1) is 19.8 Å². The van der Waals surface area contributed by atoms with Crippen LogP contribution in [0.5, 0.6) is 5.75 Å². The van der Waals surface area contributed by atoms with E-state index in [0.717, 1.165) is 0 Å². The molecular formula is C15H17F3N2O4S. The molecule has 0 unspecified atom stereocenters. The van der Waals surface area contributed by atoms with Crippen molar-refractivity contribution in [2.45, 2.75) is 24.9 Å². The highest BCUT2D eigenvalue weighted by Crippen LogP contribution is 2.43. The van der Waals surface area contributed by atoms with Gasteiger partial charge >= 0.3 is 12.1 Å². The predicted octanol–water partition coefficient (Wildman–Crippen LogP) is 1.64. The van der Waals surface area contributed by atoms with Gasteiger partial charge in [-0.3, -0.25) is 4.79 Å². The number of hydrogen-bond acceptors (Lipinski definition) is 5. The van der Waals surface area contributed by atoms with Crippen LogP contribution in [0.3, 0.4) is 0 Å². The average Bonchev–Trinajstić information content (AvgIpc) is 2.53. The second-order valence-electron chi connectivity index (χ2n) is 5.34. The van der Waals surface area contributed by atoms with Crippen molar-refractivity contribution in [2.24, 2.45) is 5.92 Å². The number of benzene rings is 1. The molecule has 1 aliphatic heterocycles. The first-order valence-electron chi connectivity index (χ1n) is 7.32. The minimum absolute atomic E-state index is 0.136. The zero-order chi connectivity index (χ0) is 18.8. The number of methoxy groups -OCH3 is 1. The van der Waals surface area contributed by atoms with E-state index in [1.54, 1.807) is 5.32 Å². The quantitative estimate of drug-likeness (QED) is 0.543. The van der Waals surface area contributed by atoms with E-state index < -0.39 is 34.9 Å². The Morgan fingerprint density at radius 3 is 2.44 bits per heavy atom. The van der Waals surface area contributed by atoms with E-state index in [2.05, 4.69) is 5.32 Å². The highest BCUT2D eigenvalue weighted by molar-refractivity contribution is 7.80. The largest absolute Gasteiger partial charge is 0.497 e. The molecule has 0 aromatic heterocycles. The third kappa shape index (κ3) is 3.64. The molecule has 1 aromatic carbocycles. The van der Waals surface area contributed by atoms with Crippen LogP contribution >= 0.6 is 12.2 Å². The van der Waals surface area contributed by atoms with E-state index >= 15 is 0 Å². The summed E-state index contributed by atoms with van der Waals surface area (Å²) < 4.78 is 50.4. The van der Waals surface area contributed by atoms with Gasteiger partial charge in [-0.15, -0.1) is 0 Å². The Morgan fingerprint density at radius 1 is 1.36 bits per heavy atom. The molecule has 2 rings (SSSR count). The lowest BCUT2D eigenvalue weighted by atomic mass is 9.82. The van der Waals surface area contributed by atoms with Gasteiger partial charge < -0.3 is 25.2 Å². The fourth-order valence-corrected chi connectivity index (χ4v) is 2.91. The van der Waals surface area contributed by atoms with E-state index in [9.17, 15) is 23.1 Å². The number of hydrogen-bond donors (Lipinski definition) is 3. The summed E-state index contributed by atoms with van der Waals surface area (Å²) in [4.78, 5) is 12.2. The molecule has 0 saturated carbocycles. The fraction of sp³-hybridized carbons (Fsp3) is 0.467. The number of alkyl halides is 3. The summed E-state index contributed by atoms with van der Waals surface area (Å²) in [6.07, 6.45) is -5.17. The third-order valence-corrected chi connectivity index (χ3v) is 4.04. The summed E-state index contributed by atoms with van der Waals surface area (Å²) in [5.41, 5.74) is -3.25. The first-order chi connectivity index (χ1) is 11.6. The van der Waals surface area contributed by atoms with Crippen LogP contribution in [0, 0.1) is 5.92 Å². The molecule has 0 bridgehead atoms. The van der Waals surface area contributed by atoms with E-state index in [1.165, 1.54) is 38.3 Å². The Labute approximate surface area is 147 Å². The molecule has 1 fully saturated rings. The van der Waals surface area contributed by atoms with Crippen molar-refractivity contribution in [3.63, 3.8) is 0 Å². The minimum atomic E-state index is -5.17. The van der Waals surface area contributed by atoms with Gasteiger partial charge in [0.1, 0.15) is 11.7 Å². The number of carbonyl (C=O) groups excluding carboxylic acids is 1. The molecule has 10 heteroatoms. The van der Waals surface area contributed by atoms with E-state index in [1.807, 2.05) is 0 Å². The molecule has 6 nitrogen and oxygen atoms in total. The molecule has 0 spiro atoms. The summed E-state index contributed by atoms with van der Waals surface area (Å²) >= 11 is 4.79. The third-order valence-electron chi connectivity index (χ3n) is 3.82. The smallest absolute Gasteiger partial charge is 0.437 e. The van der Waals surface area contributed by atoms with Gasteiger partial charge in [-0.1, -0.05) is 12.1 Å². The average molecular weight is 378 g/mol. The predicted molar refractivity (Wildman–Crippen MR) is 85.7 cm³/mol. The van der Waals surface area contributed by atoms with Gasteiger partial charge in [-0.25, -0.2) is 0 Å². The molecule has 1 aromatic rings. The van der Waals surface area contributed by atoms with Crippen molar-refractivity contribution in [2.75, 3.05) is 13.7 Å². The number of halogens is 3. The van der Waals surface area contributed by atoms with Crippen LogP contribution in [0.1, 0.15) is 18.5 Å². The summed E-state index contributed by atoms with van der Waals surface area (Å²) in [6.45, 7) is 1.32. The molecule has 25 heavy (non-hydrogen) atoms. The monoisotopic (exact) mass is 378 g/mol. The van der Waals surface area contributed by atoms with Crippen LogP contribution in [-0.2, 0) is 9.53 Å². The molecule has 0 radical (unpaired) electrons. The summed E-state index contributed by atoms with van der Waals surface area (Å²) in [6, 6.07) is 4.76. The summed E-state index contributed by atoms with van der Waals surface area (Å²) in [7, 11) is 1.44. The van der Waals surface area contributed by atoms with Crippen LogP contribution in [0.4, 0.5) is 13.2 Å². The molecule has 0 aliphatic carbocycles. The Kier molecular flexibility index (Phi) is 5.43. The number of carbonyl (C=O) groups is 1. The van der Waals surface area contributed by atoms with Crippen molar-refractivity contribution in [3.05, 3.63) is 29.8 Å². The summed E-state index contributed by atoms with van der Waals surface area (Å²) in [5.74, 6) is -2.72. The fourth-order valence-electron chi connectivity index (χ4n) is 2.63. The number of rotatable bonds is 4. The van der Waals surface area contributed by atoms with Crippen LogP contribution in [0.2, 0.25) is 0 Å². The van der Waals surface area contributed by atoms with Crippen molar-refractivity contribution < 1.29 is 32.5 Å². The number of aliphatic hydroxyl groups is 1. The Morgan fingerprint density at radius 2 is 1.96 bits per heavy atom. The second kappa shape index (κ2) is 7.04. The Bertz CT molecular complexity index is 653. The van der Waals surface area contributed by atoms with Crippen LogP contribution < -0.4 is 15.4 Å². The number of nitrogens with one attached hydrogen (secondary N) is 2. The highest BCUT2D eigenvalue weighted by atomic mass is 32.1. The van der Waals surface area contributed by atoms with E-state index in [0.29, 0.717) is 11.3 Å². The highest BCUT2D eigenvalue weighted by Gasteiger charge is 2.66. The van der Waals surface area contributed by atoms with Crippen molar-refractivity contribution in [1.29, 1.82) is 0 Å². The topological polar surface area (TPSA) is 79.8 Å². The SMILES string of the molecule is CCOC(=O)[C@@H]1[C@@H](c2ccc(OC)cc2)NC(=S)N[C@]1(O)C(F)(F)F. The van der Waals surface area contributed by atoms with Crippen molar-refractivity contribution >= 4 is 23.3 Å². The van der Waals surface area contributed by atoms with Crippen LogP contribution in [-0.4, -0.2) is 41.8 Å². The lowest BCUT2D eigenvalue weighted by Gasteiger charge is -2.45. The molecule has 3 atom stereocenters. The molecule has 1 aliphatic rings. The zero-order valence-corrected chi connectivity index (χ0v) is 14.2.